The summed E-state index contributed by atoms with van der Waals surface area (Å²) < 4.78 is 1.78. The number of hydrogen-bond donors (Lipinski definition) is 2. The summed E-state index contributed by atoms with van der Waals surface area (Å²) in [7, 11) is 0. The number of rotatable bonds is 3. The topological polar surface area (TPSA) is 81.1 Å². The van der Waals surface area contributed by atoms with Crippen molar-refractivity contribution in [3.63, 3.8) is 0 Å². The van der Waals surface area contributed by atoms with Gasteiger partial charge >= 0.3 is 5.97 Å². The fraction of sp³-hybridized carbons (Fsp3) is 0.600. The van der Waals surface area contributed by atoms with E-state index in [2.05, 4.69) is 4.98 Å². The number of carboxylic acids is 1. The van der Waals surface area contributed by atoms with E-state index in [0.29, 0.717) is 25.1 Å². The lowest BCUT2D eigenvalue weighted by Gasteiger charge is -2.42. The number of aliphatic carboxylic acids is 1. The lowest BCUT2D eigenvalue weighted by Crippen LogP contribution is -2.55. The number of carboxylic acid groups (broad SMARTS) is 1. The second-order valence-electron chi connectivity index (χ2n) is 4.23. The van der Waals surface area contributed by atoms with E-state index in [1.807, 2.05) is 6.92 Å². The van der Waals surface area contributed by atoms with Gasteiger partial charge in [0.2, 0.25) is 0 Å². The van der Waals surface area contributed by atoms with E-state index < -0.39 is 11.4 Å². The van der Waals surface area contributed by atoms with Gasteiger partial charge in [0.15, 0.2) is 5.15 Å². The molecule has 0 amide bonds. The lowest BCUT2D eigenvalue weighted by molar-refractivity contribution is -0.148. The van der Waals surface area contributed by atoms with Gasteiger partial charge in [0.1, 0.15) is 5.41 Å². The third-order valence-electron chi connectivity index (χ3n) is 3.22. The molecule has 0 bridgehead atoms. The summed E-state index contributed by atoms with van der Waals surface area (Å²) in [6, 6.07) is -0.0626. The van der Waals surface area contributed by atoms with Crippen molar-refractivity contribution in [2.75, 3.05) is 0 Å². The average Bonchev–Trinajstić information content (AvgIpc) is 2.54. The summed E-state index contributed by atoms with van der Waals surface area (Å²) in [6.07, 6.45) is 2.42. The van der Waals surface area contributed by atoms with E-state index in [0.717, 1.165) is 0 Å². The summed E-state index contributed by atoms with van der Waals surface area (Å²) >= 11 is 5.98. The van der Waals surface area contributed by atoms with Crippen molar-refractivity contribution in [1.29, 1.82) is 0 Å². The molecule has 88 valence electrons. The first-order valence-corrected chi connectivity index (χ1v) is 5.59. The van der Waals surface area contributed by atoms with E-state index >= 15 is 0 Å². The number of carbonyl (C=O) groups is 1. The van der Waals surface area contributed by atoms with Crippen molar-refractivity contribution in [1.82, 2.24) is 9.55 Å². The molecule has 1 fully saturated rings. The Morgan fingerprint density at radius 2 is 2.44 bits per heavy atom. The Morgan fingerprint density at radius 1 is 1.81 bits per heavy atom. The van der Waals surface area contributed by atoms with Crippen LogP contribution in [-0.2, 0) is 16.8 Å². The van der Waals surface area contributed by atoms with Gasteiger partial charge in [-0.2, -0.15) is 0 Å². The molecular weight excluding hydrogens is 230 g/mol. The standard InChI is InChI=1S/C10H14ClN3O2/c1-2-14-5-13-8(11)7(14)10(9(15)16)3-6(12)4-10/h5-6H,2-4,12H2,1H3,(H,15,16). The zero-order chi connectivity index (χ0) is 11.9. The molecule has 6 heteroatoms. The molecular formula is C10H14ClN3O2. The van der Waals surface area contributed by atoms with Crippen LogP contribution < -0.4 is 5.73 Å². The highest BCUT2D eigenvalue weighted by Crippen LogP contribution is 2.45. The minimum atomic E-state index is -0.941. The maximum absolute atomic E-state index is 11.4. The van der Waals surface area contributed by atoms with Crippen LogP contribution in [-0.4, -0.2) is 26.7 Å². The summed E-state index contributed by atoms with van der Waals surface area (Å²) in [5.41, 5.74) is 5.35. The van der Waals surface area contributed by atoms with Crippen molar-refractivity contribution in [2.45, 2.75) is 37.8 Å². The molecule has 1 aliphatic rings. The Bertz CT molecular complexity index is 424. The van der Waals surface area contributed by atoms with Gasteiger partial charge in [-0.15, -0.1) is 0 Å². The molecule has 1 aromatic rings. The number of aromatic nitrogens is 2. The highest BCUT2D eigenvalue weighted by molar-refractivity contribution is 6.30. The average molecular weight is 244 g/mol. The fourth-order valence-electron chi connectivity index (χ4n) is 2.37. The Morgan fingerprint density at radius 3 is 2.88 bits per heavy atom. The van der Waals surface area contributed by atoms with Crippen LogP contribution in [0.3, 0.4) is 0 Å². The second kappa shape index (κ2) is 3.75. The van der Waals surface area contributed by atoms with Gasteiger partial charge in [-0.25, -0.2) is 4.98 Å². The van der Waals surface area contributed by atoms with Crippen molar-refractivity contribution in [3.05, 3.63) is 17.2 Å². The van der Waals surface area contributed by atoms with Crippen LogP contribution in [0.4, 0.5) is 0 Å². The number of nitrogens with two attached hydrogens (primary N) is 1. The smallest absolute Gasteiger partial charge is 0.315 e. The van der Waals surface area contributed by atoms with E-state index in [-0.39, 0.29) is 11.2 Å². The minimum absolute atomic E-state index is 0.0626. The van der Waals surface area contributed by atoms with E-state index in [4.69, 9.17) is 17.3 Å². The number of hydrogen-bond acceptors (Lipinski definition) is 3. The second-order valence-corrected chi connectivity index (χ2v) is 4.58. The van der Waals surface area contributed by atoms with Crippen molar-refractivity contribution in [2.24, 2.45) is 5.73 Å². The quantitative estimate of drug-likeness (QED) is 0.830. The largest absolute Gasteiger partial charge is 0.481 e. The predicted octanol–water partition coefficient (Wildman–Crippen LogP) is 1.000. The molecule has 1 aliphatic carbocycles. The number of halogens is 1. The SMILES string of the molecule is CCn1cnc(Cl)c1C1(C(=O)O)CC(N)C1. The third kappa shape index (κ3) is 1.43. The number of aryl methyl sites for hydroxylation is 1. The zero-order valence-electron chi connectivity index (χ0n) is 8.98. The Hall–Kier alpha value is -1.07. The number of imidazole rings is 1. The molecule has 1 heterocycles. The Labute approximate surface area is 98.2 Å². The van der Waals surface area contributed by atoms with Gasteiger partial charge in [0.25, 0.3) is 0 Å². The van der Waals surface area contributed by atoms with Crippen molar-refractivity contribution in [3.8, 4) is 0 Å². The zero-order valence-corrected chi connectivity index (χ0v) is 9.74. The molecule has 0 saturated heterocycles. The van der Waals surface area contributed by atoms with Crippen molar-refractivity contribution < 1.29 is 9.90 Å². The van der Waals surface area contributed by atoms with E-state index in [1.54, 1.807) is 10.9 Å². The summed E-state index contributed by atoms with van der Waals surface area (Å²) in [5.74, 6) is -0.869. The Balaban J connectivity index is 2.48. The maximum atomic E-state index is 11.4. The van der Waals surface area contributed by atoms with Crippen LogP contribution in [0.2, 0.25) is 5.15 Å². The molecule has 1 aromatic heterocycles. The van der Waals surface area contributed by atoms with Crippen LogP contribution in [0.25, 0.3) is 0 Å². The molecule has 0 unspecified atom stereocenters. The number of nitrogens with zero attached hydrogens (tertiary/aromatic N) is 2. The first-order chi connectivity index (χ1) is 7.51. The summed E-state index contributed by atoms with van der Waals surface area (Å²) in [5, 5.41) is 9.64. The Kier molecular flexibility index (Phi) is 2.67. The molecule has 0 radical (unpaired) electrons. The first-order valence-electron chi connectivity index (χ1n) is 5.21. The first kappa shape index (κ1) is 11.4. The van der Waals surface area contributed by atoms with Crippen molar-refractivity contribution >= 4 is 17.6 Å². The van der Waals surface area contributed by atoms with Crippen LogP contribution in [0.15, 0.2) is 6.33 Å². The van der Waals surface area contributed by atoms with Crippen LogP contribution in [0.1, 0.15) is 25.5 Å². The van der Waals surface area contributed by atoms with Crippen LogP contribution >= 0.6 is 11.6 Å². The highest BCUT2D eigenvalue weighted by atomic mass is 35.5. The molecule has 0 aromatic carbocycles. The summed E-state index contributed by atoms with van der Waals surface area (Å²) in [6.45, 7) is 2.58. The molecule has 0 aliphatic heterocycles. The van der Waals surface area contributed by atoms with Gasteiger partial charge in [0, 0.05) is 12.6 Å². The summed E-state index contributed by atoms with van der Waals surface area (Å²) in [4.78, 5) is 15.4. The highest BCUT2D eigenvalue weighted by Gasteiger charge is 2.53. The molecule has 0 atom stereocenters. The minimum Gasteiger partial charge on any atom is -0.481 e. The lowest BCUT2D eigenvalue weighted by atomic mass is 9.64. The van der Waals surface area contributed by atoms with Crippen LogP contribution in [0, 0.1) is 0 Å². The van der Waals surface area contributed by atoms with Crippen LogP contribution in [0.5, 0.6) is 0 Å². The van der Waals surface area contributed by atoms with Gasteiger partial charge < -0.3 is 15.4 Å². The monoisotopic (exact) mass is 243 g/mol. The molecule has 3 N–H and O–H groups in total. The van der Waals surface area contributed by atoms with E-state index in [1.165, 1.54) is 0 Å². The van der Waals surface area contributed by atoms with Gasteiger partial charge in [-0.3, -0.25) is 4.79 Å². The molecule has 2 rings (SSSR count). The van der Waals surface area contributed by atoms with Gasteiger partial charge in [-0.05, 0) is 19.8 Å². The predicted molar refractivity (Wildman–Crippen MR) is 59.4 cm³/mol. The molecule has 0 spiro atoms. The normalized spacial score (nSPS) is 28.8. The van der Waals surface area contributed by atoms with Gasteiger partial charge in [0.05, 0.1) is 12.0 Å². The fourth-order valence-corrected chi connectivity index (χ4v) is 2.71. The molecule has 5 nitrogen and oxygen atoms in total. The van der Waals surface area contributed by atoms with E-state index in [9.17, 15) is 9.90 Å². The molecule has 16 heavy (non-hydrogen) atoms. The third-order valence-corrected chi connectivity index (χ3v) is 3.49. The van der Waals surface area contributed by atoms with Gasteiger partial charge in [-0.1, -0.05) is 11.6 Å². The molecule has 1 saturated carbocycles. The maximum Gasteiger partial charge on any atom is 0.315 e.